The molecule has 2 N–H and O–H groups in total. The van der Waals surface area contributed by atoms with Crippen LogP contribution in [-0.2, 0) is 11.3 Å². The summed E-state index contributed by atoms with van der Waals surface area (Å²) in [6, 6.07) is 2.17. The number of carbonyl (C=O) groups excluding carboxylic acids is 1. The van der Waals surface area contributed by atoms with Gasteiger partial charge in [0.05, 0.1) is 5.69 Å². The Hall–Kier alpha value is -1.49. The SMILES string of the molecule is Cc1nccc(CNCC2CCC(=O)N2)n1. The number of nitrogens with zero attached hydrogens (tertiary/aromatic N) is 2. The zero-order valence-corrected chi connectivity index (χ0v) is 9.36. The number of carbonyl (C=O) groups is 1. The molecule has 86 valence electrons. The van der Waals surface area contributed by atoms with E-state index >= 15 is 0 Å². The molecule has 5 nitrogen and oxygen atoms in total. The van der Waals surface area contributed by atoms with E-state index in [2.05, 4.69) is 20.6 Å². The van der Waals surface area contributed by atoms with Crippen LogP contribution >= 0.6 is 0 Å². The van der Waals surface area contributed by atoms with E-state index in [4.69, 9.17) is 0 Å². The Kier molecular flexibility index (Phi) is 3.46. The molecule has 5 heteroatoms. The van der Waals surface area contributed by atoms with Gasteiger partial charge in [0.15, 0.2) is 0 Å². The summed E-state index contributed by atoms with van der Waals surface area (Å²) in [4.78, 5) is 19.3. The Morgan fingerprint density at radius 2 is 2.50 bits per heavy atom. The number of hydrogen-bond acceptors (Lipinski definition) is 4. The largest absolute Gasteiger partial charge is 0.352 e. The maximum Gasteiger partial charge on any atom is 0.220 e. The summed E-state index contributed by atoms with van der Waals surface area (Å²) in [5, 5.41) is 6.20. The number of aryl methyl sites for hydroxylation is 1. The Morgan fingerprint density at radius 1 is 1.62 bits per heavy atom. The van der Waals surface area contributed by atoms with Gasteiger partial charge in [0, 0.05) is 31.7 Å². The molecular weight excluding hydrogens is 204 g/mol. The van der Waals surface area contributed by atoms with Gasteiger partial charge in [0.25, 0.3) is 0 Å². The van der Waals surface area contributed by atoms with Crippen LogP contribution in [0.2, 0.25) is 0 Å². The van der Waals surface area contributed by atoms with Crippen molar-refractivity contribution >= 4 is 5.91 Å². The Labute approximate surface area is 94.7 Å². The molecule has 1 aromatic rings. The van der Waals surface area contributed by atoms with Crippen LogP contribution in [0.4, 0.5) is 0 Å². The average molecular weight is 220 g/mol. The van der Waals surface area contributed by atoms with E-state index < -0.39 is 0 Å². The lowest BCUT2D eigenvalue weighted by atomic mass is 10.2. The molecule has 2 rings (SSSR count). The molecule has 16 heavy (non-hydrogen) atoms. The number of amides is 1. The average Bonchev–Trinajstić information content (AvgIpc) is 2.64. The van der Waals surface area contributed by atoms with Crippen LogP contribution in [0.15, 0.2) is 12.3 Å². The third-order valence-electron chi connectivity index (χ3n) is 2.62. The minimum absolute atomic E-state index is 0.157. The minimum Gasteiger partial charge on any atom is -0.352 e. The van der Waals surface area contributed by atoms with Crippen LogP contribution in [0.1, 0.15) is 24.4 Å². The number of nitrogens with one attached hydrogen (secondary N) is 2. The van der Waals surface area contributed by atoms with Gasteiger partial charge in [-0.25, -0.2) is 9.97 Å². The molecule has 1 amide bonds. The minimum atomic E-state index is 0.157. The van der Waals surface area contributed by atoms with Crippen LogP contribution in [0, 0.1) is 6.92 Å². The molecule has 1 atom stereocenters. The summed E-state index contributed by atoms with van der Waals surface area (Å²) in [7, 11) is 0. The molecule has 0 aromatic carbocycles. The van der Waals surface area contributed by atoms with Gasteiger partial charge in [-0.05, 0) is 19.4 Å². The van der Waals surface area contributed by atoms with Crippen LogP contribution < -0.4 is 10.6 Å². The van der Waals surface area contributed by atoms with Gasteiger partial charge in [-0.15, -0.1) is 0 Å². The Bertz CT molecular complexity index is 380. The van der Waals surface area contributed by atoms with Crippen molar-refractivity contribution in [3.05, 3.63) is 23.8 Å². The number of aromatic nitrogens is 2. The van der Waals surface area contributed by atoms with Crippen LogP contribution in [-0.4, -0.2) is 28.5 Å². The van der Waals surface area contributed by atoms with E-state index in [1.165, 1.54) is 0 Å². The summed E-state index contributed by atoms with van der Waals surface area (Å²) in [5.41, 5.74) is 0.983. The van der Waals surface area contributed by atoms with E-state index in [1.807, 2.05) is 13.0 Å². The van der Waals surface area contributed by atoms with Crippen LogP contribution in [0.5, 0.6) is 0 Å². The van der Waals surface area contributed by atoms with Crippen LogP contribution in [0.3, 0.4) is 0 Å². The highest BCUT2D eigenvalue weighted by Gasteiger charge is 2.19. The fourth-order valence-corrected chi connectivity index (χ4v) is 1.81. The van der Waals surface area contributed by atoms with Gasteiger partial charge in [-0.1, -0.05) is 0 Å². The molecule has 1 fully saturated rings. The maximum atomic E-state index is 11.0. The second kappa shape index (κ2) is 5.03. The summed E-state index contributed by atoms with van der Waals surface area (Å²) in [6.45, 7) is 3.39. The van der Waals surface area contributed by atoms with Crippen molar-refractivity contribution < 1.29 is 4.79 Å². The molecule has 1 saturated heterocycles. The van der Waals surface area contributed by atoms with Crippen molar-refractivity contribution in [2.24, 2.45) is 0 Å². The lowest BCUT2D eigenvalue weighted by Crippen LogP contribution is -2.35. The third kappa shape index (κ3) is 3.00. The van der Waals surface area contributed by atoms with Crippen LogP contribution in [0.25, 0.3) is 0 Å². The molecule has 1 unspecified atom stereocenters. The third-order valence-corrected chi connectivity index (χ3v) is 2.62. The fourth-order valence-electron chi connectivity index (χ4n) is 1.81. The molecule has 1 aromatic heterocycles. The smallest absolute Gasteiger partial charge is 0.220 e. The lowest BCUT2D eigenvalue weighted by molar-refractivity contribution is -0.119. The number of hydrogen-bond donors (Lipinski definition) is 2. The maximum absolute atomic E-state index is 11.0. The first-order chi connectivity index (χ1) is 7.74. The molecule has 2 heterocycles. The normalized spacial score (nSPS) is 19.8. The van der Waals surface area contributed by atoms with E-state index in [-0.39, 0.29) is 11.9 Å². The van der Waals surface area contributed by atoms with E-state index in [9.17, 15) is 4.79 Å². The second-order valence-corrected chi connectivity index (χ2v) is 4.03. The first kappa shape index (κ1) is 11.0. The highest BCUT2D eigenvalue weighted by molar-refractivity contribution is 5.78. The fraction of sp³-hybridized carbons (Fsp3) is 0.545. The van der Waals surface area contributed by atoms with Crippen molar-refractivity contribution in [3.8, 4) is 0 Å². The van der Waals surface area contributed by atoms with Gasteiger partial charge in [-0.2, -0.15) is 0 Å². The van der Waals surface area contributed by atoms with Gasteiger partial charge < -0.3 is 10.6 Å². The lowest BCUT2D eigenvalue weighted by Gasteiger charge is -2.10. The first-order valence-corrected chi connectivity index (χ1v) is 5.52. The zero-order valence-electron chi connectivity index (χ0n) is 9.36. The van der Waals surface area contributed by atoms with Crippen molar-refractivity contribution in [2.75, 3.05) is 6.54 Å². The first-order valence-electron chi connectivity index (χ1n) is 5.52. The monoisotopic (exact) mass is 220 g/mol. The molecule has 0 spiro atoms. The number of rotatable bonds is 4. The summed E-state index contributed by atoms with van der Waals surface area (Å²) >= 11 is 0. The molecule has 0 radical (unpaired) electrons. The van der Waals surface area contributed by atoms with E-state index in [0.29, 0.717) is 6.42 Å². The topological polar surface area (TPSA) is 66.9 Å². The quantitative estimate of drug-likeness (QED) is 0.758. The highest BCUT2D eigenvalue weighted by atomic mass is 16.1. The van der Waals surface area contributed by atoms with Crippen molar-refractivity contribution in [2.45, 2.75) is 32.4 Å². The molecule has 1 aliphatic heterocycles. The zero-order chi connectivity index (χ0) is 11.4. The van der Waals surface area contributed by atoms with Crippen molar-refractivity contribution in [1.82, 2.24) is 20.6 Å². The van der Waals surface area contributed by atoms with Gasteiger partial charge in [0.2, 0.25) is 5.91 Å². The Morgan fingerprint density at radius 3 is 3.19 bits per heavy atom. The van der Waals surface area contributed by atoms with Gasteiger partial charge in [-0.3, -0.25) is 4.79 Å². The molecule has 0 aliphatic carbocycles. The summed E-state index contributed by atoms with van der Waals surface area (Å²) in [6.07, 6.45) is 3.34. The standard InChI is InChI=1S/C11H16N4O/c1-8-13-5-4-10(14-8)7-12-6-9-2-3-11(16)15-9/h4-5,9,12H,2-3,6-7H2,1H3,(H,15,16). The molecule has 0 saturated carbocycles. The highest BCUT2D eigenvalue weighted by Crippen LogP contribution is 2.05. The predicted molar refractivity (Wildman–Crippen MR) is 59.6 cm³/mol. The van der Waals surface area contributed by atoms with E-state index in [0.717, 1.165) is 31.0 Å². The summed E-state index contributed by atoms with van der Waals surface area (Å²) in [5.74, 6) is 0.943. The van der Waals surface area contributed by atoms with Crippen molar-refractivity contribution in [1.29, 1.82) is 0 Å². The van der Waals surface area contributed by atoms with Gasteiger partial charge in [0.1, 0.15) is 5.82 Å². The van der Waals surface area contributed by atoms with Crippen molar-refractivity contribution in [3.63, 3.8) is 0 Å². The Balaban J connectivity index is 1.74. The second-order valence-electron chi connectivity index (χ2n) is 4.03. The molecule has 0 bridgehead atoms. The van der Waals surface area contributed by atoms with E-state index in [1.54, 1.807) is 6.20 Å². The van der Waals surface area contributed by atoms with Gasteiger partial charge >= 0.3 is 0 Å². The molecular formula is C11H16N4O. The summed E-state index contributed by atoms with van der Waals surface area (Å²) < 4.78 is 0. The molecule has 1 aliphatic rings. The predicted octanol–water partition coefficient (Wildman–Crippen LogP) is 0.153.